The minimum absolute atomic E-state index is 0.0436. The molecule has 1 amide bonds. The van der Waals surface area contributed by atoms with Crippen LogP contribution in [-0.2, 0) is 0 Å². The van der Waals surface area contributed by atoms with Gasteiger partial charge in [-0.1, -0.05) is 12.1 Å². The van der Waals surface area contributed by atoms with Crippen LogP contribution >= 0.6 is 0 Å². The molecule has 6 heteroatoms. The molecule has 3 aromatic rings. The number of benzene rings is 1. The van der Waals surface area contributed by atoms with Gasteiger partial charge in [-0.25, -0.2) is 4.39 Å². The number of halogens is 1. The third kappa shape index (κ3) is 3.15. The Labute approximate surface area is 150 Å². The predicted octanol–water partition coefficient (Wildman–Crippen LogP) is 3.00. The van der Waals surface area contributed by atoms with Gasteiger partial charge in [0.2, 0.25) is 0 Å². The van der Waals surface area contributed by atoms with Crippen molar-refractivity contribution in [3.63, 3.8) is 0 Å². The molecule has 4 rings (SSSR count). The van der Waals surface area contributed by atoms with Gasteiger partial charge >= 0.3 is 0 Å². The Morgan fingerprint density at radius 3 is 2.85 bits per heavy atom. The Hall–Kier alpha value is -2.86. The second kappa shape index (κ2) is 6.80. The summed E-state index contributed by atoms with van der Waals surface area (Å²) in [5.74, 6) is -0.388. The molecule has 1 fully saturated rings. The molecule has 5 nitrogen and oxygen atoms in total. The summed E-state index contributed by atoms with van der Waals surface area (Å²) in [6, 6.07) is 10.3. The van der Waals surface area contributed by atoms with E-state index in [1.165, 1.54) is 6.07 Å². The molecule has 1 atom stereocenters. The molecule has 26 heavy (non-hydrogen) atoms. The summed E-state index contributed by atoms with van der Waals surface area (Å²) in [6.07, 6.45) is 5.06. The average Bonchev–Trinajstić information content (AvgIpc) is 2.67. The molecule has 1 saturated heterocycles. The molecule has 0 bridgehead atoms. The molecule has 1 aliphatic heterocycles. The van der Waals surface area contributed by atoms with Crippen LogP contribution in [0.1, 0.15) is 23.2 Å². The van der Waals surface area contributed by atoms with Gasteiger partial charge in [-0.3, -0.25) is 14.8 Å². The topological polar surface area (TPSA) is 72.1 Å². The van der Waals surface area contributed by atoms with Crippen LogP contribution in [0.15, 0.2) is 48.8 Å². The molecular formula is C20H19FN4O. The Kier molecular flexibility index (Phi) is 4.34. The van der Waals surface area contributed by atoms with E-state index in [1.54, 1.807) is 35.5 Å². The summed E-state index contributed by atoms with van der Waals surface area (Å²) < 4.78 is 13.7. The van der Waals surface area contributed by atoms with Crippen molar-refractivity contribution in [2.24, 2.45) is 5.73 Å². The molecule has 0 radical (unpaired) electrons. The number of aromatic nitrogens is 2. The first-order valence-electron chi connectivity index (χ1n) is 8.67. The number of hydrogen-bond donors (Lipinski definition) is 1. The zero-order chi connectivity index (χ0) is 18.1. The Morgan fingerprint density at radius 1 is 1.19 bits per heavy atom. The number of nitrogens with two attached hydrogens (primary N) is 1. The lowest BCUT2D eigenvalue weighted by atomic mass is 10.1. The molecule has 2 aromatic heterocycles. The zero-order valence-electron chi connectivity index (χ0n) is 14.2. The highest BCUT2D eigenvalue weighted by atomic mass is 19.1. The van der Waals surface area contributed by atoms with Crippen molar-refractivity contribution in [1.29, 1.82) is 0 Å². The van der Waals surface area contributed by atoms with Crippen LogP contribution in [0.25, 0.3) is 22.2 Å². The fourth-order valence-electron chi connectivity index (χ4n) is 3.33. The average molecular weight is 350 g/mol. The zero-order valence-corrected chi connectivity index (χ0v) is 14.2. The van der Waals surface area contributed by atoms with Crippen molar-refractivity contribution in [3.8, 4) is 11.3 Å². The van der Waals surface area contributed by atoms with Crippen LogP contribution in [-0.4, -0.2) is 39.9 Å². The monoisotopic (exact) mass is 350 g/mol. The highest BCUT2D eigenvalue weighted by Crippen LogP contribution is 2.23. The fourth-order valence-corrected chi connectivity index (χ4v) is 3.33. The van der Waals surface area contributed by atoms with Crippen molar-refractivity contribution in [1.82, 2.24) is 14.9 Å². The van der Waals surface area contributed by atoms with Crippen LogP contribution in [0, 0.1) is 5.82 Å². The van der Waals surface area contributed by atoms with E-state index in [0.29, 0.717) is 28.7 Å². The van der Waals surface area contributed by atoms with Crippen molar-refractivity contribution in [2.45, 2.75) is 18.9 Å². The van der Waals surface area contributed by atoms with Crippen molar-refractivity contribution >= 4 is 16.8 Å². The number of para-hydroxylation sites is 1. The van der Waals surface area contributed by atoms with E-state index in [0.717, 1.165) is 24.9 Å². The summed E-state index contributed by atoms with van der Waals surface area (Å²) >= 11 is 0. The maximum absolute atomic E-state index is 13.7. The number of carbonyl (C=O) groups excluding carboxylic acids is 1. The van der Waals surface area contributed by atoms with Gasteiger partial charge in [-0.2, -0.15) is 0 Å². The molecule has 0 spiro atoms. The molecule has 0 aliphatic carbocycles. The quantitative estimate of drug-likeness (QED) is 0.771. The maximum Gasteiger partial charge on any atom is 0.255 e. The molecule has 2 N–H and O–H groups in total. The van der Waals surface area contributed by atoms with E-state index in [1.807, 2.05) is 12.1 Å². The van der Waals surface area contributed by atoms with Gasteiger partial charge in [-0.05, 0) is 37.1 Å². The van der Waals surface area contributed by atoms with Gasteiger partial charge in [0.15, 0.2) is 0 Å². The molecular weight excluding hydrogens is 331 g/mol. The van der Waals surface area contributed by atoms with Crippen molar-refractivity contribution in [2.75, 3.05) is 13.1 Å². The van der Waals surface area contributed by atoms with Gasteiger partial charge in [0.1, 0.15) is 11.3 Å². The van der Waals surface area contributed by atoms with Crippen LogP contribution in [0.2, 0.25) is 0 Å². The summed E-state index contributed by atoms with van der Waals surface area (Å²) in [5, 5.41) is 0.715. The lowest BCUT2D eigenvalue weighted by molar-refractivity contribution is 0.0708. The highest BCUT2D eigenvalue weighted by molar-refractivity contribution is 5.94. The van der Waals surface area contributed by atoms with E-state index in [2.05, 4.69) is 9.97 Å². The standard InChI is InChI=1S/C20H19FN4O/c21-17-5-1-3-13-9-15(11-24-19(13)17)18-7-6-14(10-23-18)20(26)25-8-2-4-16(22)12-25/h1,3,5-7,9-11,16H,2,4,8,12,22H2. The number of likely N-dealkylation sites (tertiary alicyclic amines) is 1. The number of rotatable bonds is 2. The highest BCUT2D eigenvalue weighted by Gasteiger charge is 2.22. The first kappa shape index (κ1) is 16.6. The molecule has 1 aliphatic rings. The molecule has 132 valence electrons. The van der Waals surface area contributed by atoms with E-state index in [4.69, 9.17) is 5.73 Å². The third-order valence-corrected chi connectivity index (χ3v) is 4.71. The number of fused-ring (bicyclic) bond motifs is 1. The number of hydrogen-bond acceptors (Lipinski definition) is 4. The van der Waals surface area contributed by atoms with Gasteiger partial charge in [0.05, 0.1) is 11.3 Å². The lowest BCUT2D eigenvalue weighted by Crippen LogP contribution is -2.45. The molecule has 1 aromatic carbocycles. The summed E-state index contributed by atoms with van der Waals surface area (Å²) in [4.78, 5) is 23.0. The summed E-state index contributed by atoms with van der Waals surface area (Å²) in [5.41, 5.74) is 8.31. The van der Waals surface area contributed by atoms with E-state index >= 15 is 0 Å². The minimum Gasteiger partial charge on any atom is -0.337 e. The number of pyridine rings is 2. The van der Waals surface area contributed by atoms with Crippen LogP contribution in [0.4, 0.5) is 4.39 Å². The largest absolute Gasteiger partial charge is 0.337 e. The smallest absolute Gasteiger partial charge is 0.255 e. The first-order chi connectivity index (χ1) is 12.6. The van der Waals surface area contributed by atoms with Crippen LogP contribution in [0.3, 0.4) is 0 Å². The van der Waals surface area contributed by atoms with Gasteiger partial charge in [-0.15, -0.1) is 0 Å². The van der Waals surface area contributed by atoms with Crippen LogP contribution < -0.4 is 5.73 Å². The van der Waals surface area contributed by atoms with Gasteiger partial charge < -0.3 is 10.6 Å². The van der Waals surface area contributed by atoms with E-state index in [-0.39, 0.29) is 17.8 Å². The van der Waals surface area contributed by atoms with Gasteiger partial charge in [0, 0.05) is 42.5 Å². The van der Waals surface area contributed by atoms with E-state index in [9.17, 15) is 9.18 Å². The maximum atomic E-state index is 13.7. The second-order valence-corrected chi connectivity index (χ2v) is 6.62. The Balaban J connectivity index is 1.58. The van der Waals surface area contributed by atoms with Crippen molar-refractivity contribution in [3.05, 3.63) is 60.2 Å². The Bertz CT molecular complexity index is 958. The fraction of sp³-hybridized carbons (Fsp3) is 0.250. The molecule has 3 heterocycles. The van der Waals surface area contributed by atoms with Crippen LogP contribution in [0.5, 0.6) is 0 Å². The van der Waals surface area contributed by atoms with Crippen molar-refractivity contribution < 1.29 is 9.18 Å². The predicted molar refractivity (Wildman–Crippen MR) is 98.0 cm³/mol. The minimum atomic E-state index is -0.345. The molecule has 1 unspecified atom stereocenters. The number of nitrogens with zero attached hydrogens (tertiary/aromatic N) is 3. The lowest BCUT2D eigenvalue weighted by Gasteiger charge is -2.30. The SMILES string of the molecule is NC1CCCN(C(=O)c2ccc(-c3cnc4c(F)cccc4c3)nc2)C1. The number of amides is 1. The number of piperidine rings is 1. The molecule has 0 saturated carbocycles. The normalized spacial score (nSPS) is 17.5. The van der Waals surface area contributed by atoms with Gasteiger partial charge in [0.25, 0.3) is 5.91 Å². The summed E-state index contributed by atoms with van der Waals surface area (Å²) in [6.45, 7) is 1.31. The Morgan fingerprint density at radius 2 is 2.08 bits per heavy atom. The summed E-state index contributed by atoms with van der Waals surface area (Å²) in [7, 11) is 0. The second-order valence-electron chi connectivity index (χ2n) is 6.62. The number of carbonyl (C=O) groups is 1. The first-order valence-corrected chi connectivity index (χ1v) is 8.67. The third-order valence-electron chi connectivity index (χ3n) is 4.71. The van der Waals surface area contributed by atoms with E-state index < -0.39 is 0 Å².